The maximum absolute atomic E-state index is 4.27. The zero-order valence-corrected chi connectivity index (χ0v) is 12.0. The number of nitrogens with one attached hydrogen (secondary N) is 1. The summed E-state index contributed by atoms with van der Waals surface area (Å²) < 4.78 is 0.854. The third-order valence-corrected chi connectivity index (χ3v) is 4.63. The number of hydrogen-bond acceptors (Lipinski definition) is 7. The smallest absolute Gasteiger partial charge is 0.206 e. The summed E-state index contributed by atoms with van der Waals surface area (Å²) in [4.78, 5) is 0. The Labute approximate surface area is 118 Å². The molecule has 5 nitrogen and oxygen atoms in total. The van der Waals surface area contributed by atoms with Gasteiger partial charge in [0.05, 0.1) is 5.69 Å². The van der Waals surface area contributed by atoms with E-state index in [4.69, 9.17) is 0 Å². The largest absolute Gasteiger partial charge is 0.363 e. The molecule has 1 aromatic carbocycles. The van der Waals surface area contributed by atoms with Crippen molar-refractivity contribution in [3.8, 4) is 0 Å². The second-order valence-electron chi connectivity index (χ2n) is 3.86. The van der Waals surface area contributed by atoms with E-state index >= 15 is 0 Å². The molecule has 2 heterocycles. The summed E-state index contributed by atoms with van der Waals surface area (Å²) in [6.07, 6.45) is 0. The number of hydrogen-bond donors (Lipinski definition) is 1. The molecule has 0 radical (unpaired) electrons. The van der Waals surface area contributed by atoms with E-state index < -0.39 is 0 Å². The van der Waals surface area contributed by atoms with Gasteiger partial charge < -0.3 is 5.32 Å². The van der Waals surface area contributed by atoms with Crippen LogP contribution in [-0.4, -0.2) is 27.4 Å². The van der Waals surface area contributed by atoms with Crippen molar-refractivity contribution in [2.75, 3.05) is 12.4 Å². The standard InChI is InChI=1S/C12H11N5S2/c1-7-8-5-3-4-6-9(8)10(15-14-7)18-12-17-16-11(13-2)19-12/h3-6H,1-2H3,(H,13,16). The first kappa shape index (κ1) is 12.3. The lowest BCUT2D eigenvalue weighted by Crippen LogP contribution is -1.92. The van der Waals surface area contributed by atoms with Crippen molar-refractivity contribution >= 4 is 39.0 Å². The van der Waals surface area contributed by atoms with Gasteiger partial charge in [-0.1, -0.05) is 35.6 Å². The molecule has 19 heavy (non-hydrogen) atoms. The number of rotatable bonds is 3. The molecule has 0 aliphatic carbocycles. The molecule has 7 heteroatoms. The molecule has 0 aliphatic rings. The second-order valence-corrected chi connectivity index (χ2v) is 6.07. The van der Waals surface area contributed by atoms with Crippen molar-refractivity contribution in [2.24, 2.45) is 0 Å². The zero-order valence-electron chi connectivity index (χ0n) is 10.4. The SMILES string of the molecule is CNc1nnc(Sc2nnc(C)c3ccccc23)s1. The summed E-state index contributed by atoms with van der Waals surface area (Å²) in [5.74, 6) is 0. The predicted octanol–water partition coefficient (Wildman–Crippen LogP) is 2.98. The molecular formula is C12H11N5S2. The minimum atomic E-state index is 0.798. The Balaban J connectivity index is 2.03. The van der Waals surface area contributed by atoms with Crippen molar-refractivity contribution in [2.45, 2.75) is 16.3 Å². The molecule has 0 spiro atoms. The van der Waals surface area contributed by atoms with E-state index in [2.05, 4.69) is 37.8 Å². The lowest BCUT2D eigenvalue weighted by Gasteiger charge is -2.04. The van der Waals surface area contributed by atoms with E-state index in [1.165, 1.54) is 23.1 Å². The van der Waals surface area contributed by atoms with E-state index in [1.807, 2.05) is 26.1 Å². The number of aromatic nitrogens is 4. The Morgan fingerprint density at radius 1 is 1.05 bits per heavy atom. The molecule has 0 saturated carbocycles. The summed E-state index contributed by atoms with van der Waals surface area (Å²) in [6, 6.07) is 8.13. The molecule has 3 aromatic rings. The van der Waals surface area contributed by atoms with Crippen molar-refractivity contribution in [3.05, 3.63) is 30.0 Å². The Bertz CT molecular complexity index is 725. The maximum atomic E-state index is 4.27. The summed E-state index contributed by atoms with van der Waals surface area (Å²) in [6.45, 7) is 1.97. The average Bonchev–Trinajstić information content (AvgIpc) is 2.90. The van der Waals surface area contributed by atoms with Crippen LogP contribution in [0.4, 0.5) is 5.13 Å². The molecule has 96 valence electrons. The van der Waals surface area contributed by atoms with E-state index in [0.29, 0.717) is 0 Å². The van der Waals surface area contributed by atoms with Gasteiger partial charge in [0.2, 0.25) is 5.13 Å². The van der Waals surface area contributed by atoms with Gasteiger partial charge in [0.15, 0.2) is 4.34 Å². The molecule has 0 saturated heterocycles. The van der Waals surface area contributed by atoms with Gasteiger partial charge in [-0.05, 0) is 18.7 Å². The molecular weight excluding hydrogens is 278 g/mol. The van der Waals surface area contributed by atoms with Gasteiger partial charge in [0.25, 0.3) is 0 Å². The summed E-state index contributed by atoms with van der Waals surface area (Å²) in [5.41, 5.74) is 0.938. The molecule has 0 aliphatic heterocycles. The van der Waals surface area contributed by atoms with E-state index in [0.717, 1.165) is 31.0 Å². The molecule has 0 amide bonds. The average molecular weight is 289 g/mol. The highest BCUT2D eigenvalue weighted by Crippen LogP contribution is 2.34. The highest BCUT2D eigenvalue weighted by molar-refractivity contribution is 8.01. The fourth-order valence-electron chi connectivity index (χ4n) is 1.72. The Morgan fingerprint density at radius 2 is 1.84 bits per heavy atom. The van der Waals surface area contributed by atoms with Gasteiger partial charge in [-0.15, -0.1) is 15.3 Å². The first-order valence-corrected chi connectivity index (χ1v) is 7.32. The molecule has 0 atom stereocenters. The normalized spacial score (nSPS) is 10.8. The van der Waals surface area contributed by atoms with Gasteiger partial charge in [-0.3, -0.25) is 0 Å². The van der Waals surface area contributed by atoms with Crippen molar-refractivity contribution in [1.82, 2.24) is 20.4 Å². The van der Waals surface area contributed by atoms with Crippen molar-refractivity contribution in [3.63, 3.8) is 0 Å². The zero-order chi connectivity index (χ0) is 13.2. The highest BCUT2D eigenvalue weighted by atomic mass is 32.2. The van der Waals surface area contributed by atoms with Crippen molar-refractivity contribution < 1.29 is 0 Å². The lowest BCUT2D eigenvalue weighted by molar-refractivity contribution is 0.920. The molecule has 2 aromatic heterocycles. The molecule has 0 bridgehead atoms. The fraction of sp³-hybridized carbons (Fsp3) is 0.167. The van der Waals surface area contributed by atoms with Crippen LogP contribution in [0.5, 0.6) is 0 Å². The molecule has 1 N–H and O–H groups in total. The first-order chi connectivity index (χ1) is 9.28. The van der Waals surface area contributed by atoms with Gasteiger partial charge in [-0.25, -0.2) is 0 Å². The van der Waals surface area contributed by atoms with Gasteiger partial charge in [-0.2, -0.15) is 5.10 Å². The number of aryl methyl sites for hydroxylation is 1. The Kier molecular flexibility index (Phi) is 3.31. The van der Waals surface area contributed by atoms with Crippen LogP contribution < -0.4 is 5.32 Å². The third-order valence-electron chi connectivity index (χ3n) is 2.64. The maximum Gasteiger partial charge on any atom is 0.206 e. The lowest BCUT2D eigenvalue weighted by atomic mass is 10.1. The number of fused-ring (bicyclic) bond motifs is 1. The molecule has 0 fully saturated rings. The van der Waals surface area contributed by atoms with Crippen LogP contribution in [0.3, 0.4) is 0 Å². The van der Waals surface area contributed by atoms with Crippen LogP contribution >= 0.6 is 23.1 Å². The predicted molar refractivity (Wildman–Crippen MR) is 77.9 cm³/mol. The van der Waals surface area contributed by atoms with Crippen LogP contribution in [0.2, 0.25) is 0 Å². The number of anilines is 1. The fourth-order valence-corrected chi connectivity index (χ4v) is 3.41. The Morgan fingerprint density at radius 3 is 2.58 bits per heavy atom. The summed E-state index contributed by atoms with van der Waals surface area (Å²) in [7, 11) is 1.83. The van der Waals surface area contributed by atoms with Crippen LogP contribution in [0.15, 0.2) is 33.6 Å². The quantitative estimate of drug-likeness (QED) is 0.799. The minimum absolute atomic E-state index is 0.798. The van der Waals surface area contributed by atoms with Gasteiger partial charge >= 0.3 is 0 Å². The first-order valence-electron chi connectivity index (χ1n) is 5.69. The molecule has 0 unspecified atom stereocenters. The van der Waals surface area contributed by atoms with Crippen LogP contribution in [0, 0.1) is 6.92 Å². The summed E-state index contributed by atoms with van der Waals surface area (Å²) >= 11 is 3.00. The van der Waals surface area contributed by atoms with Gasteiger partial charge in [0.1, 0.15) is 5.03 Å². The minimum Gasteiger partial charge on any atom is -0.363 e. The second kappa shape index (κ2) is 5.10. The van der Waals surface area contributed by atoms with Crippen molar-refractivity contribution in [1.29, 1.82) is 0 Å². The Hall–Kier alpha value is -1.73. The highest BCUT2D eigenvalue weighted by Gasteiger charge is 2.11. The van der Waals surface area contributed by atoms with Crippen LogP contribution in [-0.2, 0) is 0 Å². The molecule has 3 rings (SSSR count). The van der Waals surface area contributed by atoms with Gasteiger partial charge in [0, 0.05) is 17.8 Å². The van der Waals surface area contributed by atoms with E-state index in [1.54, 1.807) is 0 Å². The summed E-state index contributed by atoms with van der Waals surface area (Å²) in [5, 5.41) is 23.5. The number of nitrogens with zero attached hydrogens (tertiary/aromatic N) is 4. The van der Waals surface area contributed by atoms with Crippen LogP contribution in [0.1, 0.15) is 5.69 Å². The topological polar surface area (TPSA) is 63.6 Å². The van der Waals surface area contributed by atoms with Crippen LogP contribution in [0.25, 0.3) is 10.8 Å². The third kappa shape index (κ3) is 2.39. The van der Waals surface area contributed by atoms with E-state index in [9.17, 15) is 0 Å². The van der Waals surface area contributed by atoms with E-state index in [-0.39, 0.29) is 0 Å². The monoisotopic (exact) mass is 289 g/mol. The number of benzene rings is 1.